The summed E-state index contributed by atoms with van der Waals surface area (Å²) in [7, 11) is 0. The van der Waals surface area contributed by atoms with E-state index in [1.807, 2.05) is 31.2 Å². The van der Waals surface area contributed by atoms with Gasteiger partial charge in [0.1, 0.15) is 11.4 Å². The maximum absolute atomic E-state index is 12.8. The van der Waals surface area contributed by atoms with Crippen LogP contribution in [0.1, 0.15) is 48.7 Å². The molecule has 0 aliphatic carbocycles. The number of carbonyl (C=O) groups is 1. The SMILES string of the molecule is CCOc1ccc(CNC(=O)c2cc(=O)nc3sc(N4CCCCCC4)nn23)cc1. The quantitative estimate of drug-likeness (QED) is 0.651. The standard InChI is InChI=1S/C21H25N5O3S/c1-2-29-16-9-7-15(8-10-16)14-22-19(28)17-13-18(27)23-20-26(17)24-21(30-20)25-11-5-3-4-6-12-25/h7-10,13H,2-6,11-12,14H2,1H3,(H,22,28). The number of aromatic nitrogens is 3. The molecule has 1 amide bonds. The molecule has 30 heavy (non-hydrogen) atoms. The lowest BCUT2D eigenvalue weighted by atomic mass is 10.2. The Hall–Kier alpha value is -2.94. The topological polar surface area (TPSA) is 88.8 Å². The van der Waals surface area contributed by atoms with Crippen molar-refractivity contribution in [3.8, 4) is 5.75 Å². The van der Waals surface area contributed by atoms with Crippen molar-refractivity contribution in [3.05, 3.63) is 51.9 Å². The zero-order chi connectivity index (χ0) is 20.9. The van der Waals surface area contributed by atoms with Gasteiger partial charge in [0.05, 0.1) is 6.61 Å². The molecule has 2 aromatic heterocycles. The van der Waals surface area contributed by atoms with Gasteiger partial charge in [-0.25, -0.2) is 0 Å². The number of hydrogen-bond acceptors (Lipinski definition) is 7. The third-order valence-electron chi connectivity index (χ3n) is 5.04. The summed E-state index contributed by atoms with van der Waals surface area (Å²) in [4.78, 5) is 31.6. The molecule has 3 aromatic rings. The molecule has 0 radical (unpaired) electrons. The molecule has 3 heterocycles. The Morgan fingerprint density at radius 1 is 1.17 bits per heavy atom. The number of amides is 1. The van der Waals surface area contributed by atoms with E-state index in [2.05, 4.69) is 20.3 Å². The van der Waals surface area contributed by atoms with Crippen LogP contribution in [-0.2, 0) is 6.54 Å². The molecule has 8 nitrogen and oxygen atoms in total. The fourth-order valence-corrected chi connectivity index (χ4v) is 4.46. The molecule has 0 spiro atoms. The third-order valence-corrected chi connectivity index (χ3v) is 6.01. The molecule has 1 aliphatic heterocycles. The van der Waals surface area contributed by atoms with Crippen molar-refractivity contribution < 1.29 is 9.53 Å². The molecule has 1 fully saturated rings. The summed E-state index contributed by atoms with van der Waals surface area (Å²) in [5.41, 5.74) is 0.702. The Labute approximate surface area is 178 Å². The van der Waals surface area contributed by atoms with Gasteiger partial charge in [0, 0.05) is 25.7 Å². The summed E-state index contributed by atoms with van der Waals surface area (Å²) in [6, 6.07) is 8.79. The van der Waals surface area contributed by atoms with Crippen LogP contribution >= 0.6 is 11.3 Å². The van der Waals surface area contributed by atoms with E-state index in [4.69, 9.17) is 4.74 Å². The Kier molecular flexibility index (Phi) is 6.27. The molecule has 1 aliphatic rings. The lowest BCUT2D eigenvalue weighted by Gasteiger charge is -2.17. The maximum Gasteiger partial charge on any atom is 0.274 e. The van der Waals surface area contributed by atoms with Gasteiger partial charge in [-0.15, -0.1) is 5.10 Å². The van der Waals surface area contributed by atoms with Gasteiger partial charge < -0.3 is 15.0 Å². The van der Waals surface area contributed by atoms with Gasteiger partial charge in [-0.1, -0.05) is 36.3 Å². The number of benzene rings is 1. The fraction of sp³-hybridized carbons (Fsp3) is 0.429. The molecule has 0 bridgehead atoms. The van der Waals surface area contributed by atoms with E-state index in [9.17, 15) is 9.59 Å². The van der Waals surface area contributed by atoms with Crippen molar-refractivity contribution in [1.29, 1.82) is 0 Å². The fourth-order valence-electron chi connectivity index (χ4n) is 3.50. The molecule has 1 aromatic carbocycles. The number of ether oxygens (including phenoxy) is 1. The zero-order valence-corrected chi connectivity index (χ0v) is 17.8. The summed E-state index contributed by atoms with van der Waals surface area (Å²) < 4.78 is 6.92. The first-order chi connectivity index (χ1) is 14.6. The van der Waals surface area contributed by atoms with Crippen LogP contribution in [0, 0.1) is 0 Å². The van der Waals surface area contributed by atoms with Gasteiger partial charge in [0.15, 0.2) is 0 Å². The first-order valence-electron chi connectivity index (χ1n) is 10.3. The highest BCUT2D eigenvalue weighted by atomic mass is 32.1. The number of hydrogen-bond donors (Lipinski definition) is 1. The van der Waals surface area contributed by atoms with Crippen LogP contribution in [0.4, 0.5) is 5.13 Å². The van der Waals surface area contributed by atoms with Crippen LogP contribution in [-0.4, -0.2) is 40.2 Å². The highest BCUT2D eigenvalue weighted by molar-refractivity contribution is 7.20. The smallest absolute Gasteiger partial charge is 0.274 e. The minimum Gasteiger partial charge on any atom is -0.494 e. The number of nitrogens with one attached hydrogen (secondary N) is 1. The second-order valence-corrected chi connectivity index (χ2v) is 8.15. The van der Waals surface area contributed by atoms with Gasteiger partial charge in [-0.3, -0.25) is 9.59 Å². The molecule has 0 unspecified atom stereocenters. The van der Waals surface area contributed by atoms with Gasteiger partial charge in [0.25, 0.3) is 11.5 Å². The van der Waals surface area contributed by atoms with Crippen molar-refractivity contribution in [2.75, 3.05) is 24.6 Å². The van der Waals surface area contributed by atoms with E-state index in [0.29, 0.717) is 18.1 Å². The largest absolute Gasteiger partial charge is 0.494 e. The van der Waals surface area contributed by atoms with Gasteiger partial charge in [-0.05, 0) is 37.5 Å². The second kappa shape index (κ2) is 9.25. The van der Waals surface area contributed by atoms with E-state index in [1.165, 1.54) is 34.8 Å². The molecule has 4 rings (SSSR count). The van der Waals surface area contributed by atoms with Crippen LogP contribution in [0.15, 0.2) is 35.1 Å². The van der Waals surface area contributed by atoms with Crippen LogP contribution in [0.5, 0.6) is 5.75 Å². The van der Waals surface area contributed by atoms with Crippen LogP contribution in [0.25, 0.3) is 4.96 Å². The van der Waals surface area contributed by atoms with E-state index >= 15 is 0 Å². The van der Waals surface area contributed by atoms with Crippen molar-refractivity contribution in [1.82, 2.24) is 19.9 Å². The summed E-state index contributed by atoms with van der Waals surface area (Å²) >= 11 is 1.35. The van der Waals surface area contributed by atoms with Gasteiger partial charge in [-0.2, -0.15) is 9.50 Å². The van der Waals surface area contributed by atoms with Crippen molar-refractivity contribution in [2.24, 2.45) is 0 Å². The normalized spacial score (nSPS) is 14.5. The van der Waals surface area contributed by atoms with Crippen LogP contribution in [0.2, 0.25) is 0 Å². The second-order valence-electron chi connectivity index (χ2n) is 7.22. The van der Waals surface area contributed by atoms with E-state index in [0.717, 1.165) is 42.4 Å². The molecule has 0 saturated carbocycles. The van der Waals surface area contributed by atoms with E-state index < -0.39 is 5.56 Å². The number of fused-ring (bicyclic) bond motifs is 1. The van der Waals surface area contributed by atoms with E-state index in [1.54, 1.807) is 0 Å². The Bertz CT molecular complexity index is 1070. The number of carbonyl (C=O) groups excluding carboxylic acids is 1. The first kappa shape index (κ1) is 20.3. The van der Waals surface area contributed by atoms with Crippen molar-refractivity contribution in [3.63, 3.8) is 0 Å². The van der Waals surface area contributed by atoms with Crippen molar-refractivity contribution in [2.45, 2.75) is 39.2 Å². The highest BCUT2D eigenvalue weighted by Gasteiger charge is 2.19. The third kappa shape index (κ3) is 4.62. The molecule has 158 valence electrons. The number of rotatable bonds is 6. The van der Waals surface area contributed by atoms with Crippen LogP contribution < -0.4 is 20.5 Å². The lowest BCUT2D eigenvalue weighted by Crippen LogP contribution is -2.28. The molecular weight excluding hydrogens is 402 g/mol. The molecule has 1 saturated heterocycles. The summed E-state index contributed by atoms with van der Waals surface area (Å²) in [5.74, 6) is 0.435. The minimum atomic E-state index is -0.438. The Morgan fingerprint density at radius 2 is 1.90 bits per heavy atom. The Balaban J connectivity index is 1.53. The predicted molar refractivity (Wildman–Crippen MR) is 117 cm³/mol. The average Bonchev–Trinajstić information content (AvgIpc) is 2.98. The minimum absolute atomic E-state index is 0.202. The summed E-state index contributed by atoms with van der Waals surface area (Å²) in [6.45, 7) is 4.75. The number of nitrogens with zero attached hydrogens (tertiary/aromatic N) is 4. The summed E-state index contributed by atoms with van der Waals surface area (Å²) in [6.07, 6.45) is 4.68. The van der Waals surface area contributed by atoms with Crippen molar-refractivity contribution >= 4 is 27.3 Å². The van der Waals surface area contributed by atoms with Gasteiger partial charge >= 0.3 is 0 Å². The van der Waals surface area contributed by atoms with Gasteiger partial charge in [0.2, 0.25) is 10.1 Å². The van der Waals surface area contributed by atoms with E-state index in [-0.39, 0.29) is 11.6 Å². The zero-order valence-electron chi connectivity index (χ0n) is 17.0. The molecule has 1 N–H and O–H groups in total. The first-order valence-corrected chi connectivity index (χ1v) is 11.1. The monoisotopic (exact) mass is 427 g/mol. The maximum atomic E-state index is 12.8. The predicted octanol–water partition coefficient (Wildman–Crippen LogP) is 2.86. The lowest BCUT2D eigenvalue weighted by molar-refractivity contribution is 0.0943. The highest BCUT2D eigenvalue weighted by Crippen LogP contribution is 2.25. The average molecular weight is 428 g/mol. The molecule has 9 heteroatoms. The molecule has 0 atom stereocenters. The Morgan fingerprint density at radius 3 is 2.60 bits per heavy atom. The number of anilines is 1. The van der Waals surface area contributed by atoms with Crippen LogP contribution in [0.3, 0.4) is 0 Å². The molecular formula is C21H25N5O3S. The summed E-state index contributed by atoms with van der Waals surface area (Å²) in [5, 5.41) is 8.28.